The summed E-state index contributed by atoms with van der Waals surface area (Å²) in [5.74, 6) is -2.13. The van der Waals surface area contributed by atoms with Crippen molar-refractivity contribution in [1.82, 2.24) is 10.2 Å². The average Bonchev–Trinajstić information content (AvgIpc) is 3.48. The van der Waals surface area contributed by atoms with Gasteiger partial charge in [-0.2, -0.15) is 31.6 Å². The first kappa shape index (κ1) is 28.6. The van der Waals surface area contributed by atoms with Crippen molar-refractivity contribution >= 4 is 23.2 Å². The van der Waals surface area contributed by atoms with Gasteiger partial charge in [0, 0.05) is 30.3 Å². The van der Waals surface area contributed by atoms with Crippen molar-refractivity contribution in [2.24, 2.45) is 5.16 Å². The van der Waals surface area contributed by atoms with E-state index in [0.29, 0.717) is 25.1 Å². The molecular weight excluding hydrogens is 557 g/mol. The van der Waals surface area contributed by atoms with E-state index in [-0.39, 0.29) is 41.6 Å². The van der Waals surface area contributed by atoms with Crippen LogP contribution in [0.5, 0.6) is 0 Å². The largest absolute Gasteiger partial charge is 0.435 e. The molecule has 0 radical (unpaired) electrons. The van der Waals surface area contributed by atoms with Crippen LogP contribution >= 0.6 is 11.6 Å². The van der Waals surface area contributed by atoms with Crippen LogP contribution in [0, 0.1) is 24.1 Å². The molecular formula is C25H20ClF7N4O2. The van der Waals surface area contributed by atoms with E-state index < -0.39 is 52.2 Å². The van der Waals surface area contributed by atoms with Gasteiger partial charge in [-0.05, 0) is 48.7 Å². The molecule has 14 heteroatoms. The van der Waals surface area contributed by atoms with E-state index in [4.69, 9.17) is 16.9 Å². The molecule has 208 valence electrons. The Kier molecular flexibility index (Phi) is 7.57. The second-order valence-corrected chi connectivity index (χ2v) is 9.74. The van der Waals surface area contributed by atoms with E-state index in [1.165, 1.54) is 18.2 Å². The molecule has 0 aromatic heterocycles. The molecule has 0 aliphatic carbocycles. The lowest BCUT2D eigenvalue weighted by atomic mass is 9.85. The Morgan fingerprint density at radius 1 is 1.26 bits per heavy atom. The van der Waals surface area contributed by atoms with Crippen LogP contribution < -0.4 is 5.32 Å². The third-order valence-corrected chi connectivity index (χ3v) is 6.96. The predicted octanol–water partition coefficient (Wildman–Crippen LogP) is 5.72. The summed E-state index contributed by atoms with van der Waals surface area (Å²) in [6.45, 7) is 2.93. The maximum absolute atomic E-state index is 14.8. The minimum Gasteiger partial charge on any atom is -0.374 e. The van der Waals surface area contributed by atoms with Crippen molar-refractivity contribution in [3.05, 3.63) is 69.0 Å². The van der Waals surface area contributed by atoms with Gasteiger partial charge in [0.2, 0.25) is 0 Å². The first-order chi connectivity index (χ1) is 18.2. The molecule has 0 bridgehead atoms. The maximum atomic E-state index is 14.8. The van der Waals surface area contributed by atoms with E-state index in [1.54, 1.807) is 6.92 Å². The van der Waals surface area contributed by atoms with Crippen LogP contribution in [0.4, 0.5) is 30.7 Å². The molecule has 2 aliphatic heterocycles. The maximum Gasteiger partial charge on any atom is 0.435 e. The molecule has 4 rings (SSSR count). The van der Waals surface area contributed by atoms with Crippen LogP contribution in [0.25, 0.3) is 0 Å². The number of rotatable bonds is 5. The van der Waals surface area contributed by atoms with Crippen LogP contribution in [0.3, 0.4) is 0 Å². The third-order valence-electron chi connectivity index (χ3n) is 6.68. The number of aryl methyl sites for hydroxylation is 1. The minimum atomic E-state index is -5.37. The summed E-state index contributed by atoms with van der Waals surface area (Å²) in [4.78, 5) is 19.3. The number of nitrogens with one attached hydrogen (secondary N) is 1. The van der Waals surface area contributed by atoms with Crippen molar-refractivity contribution < 1.29 is 40.4 Å². The van der Waals surface area contributed by atoms with Crippen LogP contribution in [-0.4, -0.2) is 48.4 Å². The van der Waals surface area contributed by atoms with Gasteiger partial charge >= 0.3 is 12.4 Å². The van der Waals surface area contributed by atoms with Crippen molar-refractivity contribution in [1.29, 1.82) is 5.26 Å². The first-order valence-electron chi connectivity index (χ1n) is 11.6. The highest BCUT2D eigenvalue weighted by Crippen LogP contribution is 2.51. The zero-order valence-electron chi connectivity index (χ0n) is 20.2. The lowest BCUT2D eigenvalue weighted by Crippen LogP contribution is -2.43. The van der Waals surface area contributed by atoms with Crippen LogP contribution in [-0.2, 0) is 16.6 Å². The Labute approximate surface area is 223 Å². The standard InChI is InChI=1S/C25H20ClF7N4O2/c1-13-8-14(2-3-17(13)22(38)35-16-4-6-37(12-16)7-5-34)20-11-23(39-36-20,25(31,32)33)18-9-15(24(28,29)30)10-19(26)21(18)27/h2-3,8-10,16H,4,6-7,11-12H2,1H3,(H,35,38)/t16-,23+/m1/s1. The number of carbonyl (C=O) groups excluding carboxylic acids is 1. The molecule has 2 aromatic carbocycles. The number of nitriles is 1. The molecule has 1 fully saturated rings. The molecule has 0 spiro atoms. The van der Waals surface area contributed by atoms with Gasteiger partial charge in [-0.1, -0.05) is 22.8 Å². The molecule has 1 saturated heterocycles. The Balaban J connectivity index is 1.60. The fourth-order valence-electron chi connectivity index (χ4n) is 4.64. The topological polar surface area (TPSA) is 77.7 Å². The SMILES string of the molecule is Cc1cc(C2=NO[C@@](c3cc(C(F)(F)F)cc(Cl)c3F)(C(F)(F)F)C2)ccc1C(=O)N[C@@H]1CCN(CC#N)C1. The van der Waals surface area contributed by atoms with E-state index in [0.717, 1.165) is 0 Å². The van der Waals surface area contributed by atoms with Crippen LogP contribution in [0.15, 0.2) is 35.5 Å². The van der Waals surface area contributed by atoms with E-state index in [2.05, 4.69) is 15.3 Å². The van der Waals surface area contributed by atoms with Crippen molar-refractivity contribution in [2.75, 3.05) is 19.6 Å². The second kappa shape index (κ2) is 10.3. The molecule has 2 aliphatic rings. The number of hydrogen-bond donors (Lipinski definition) is 1. The summed E-state index contributed by atoms with van der Waals surface area (Å²) in [6.07, 6.45) is -11.0. The molecule has 1 amide bonds. The first-order valence-corrected chi connectivity index (χ1v) is 11.9. The molecule has 2 heterocycles. The number of oxime groups is 1. The summed E-state index contributed by atoms with van der Waals surface area (Å²) >= 11 is 5.53. The van der Waals surface area contributed by atoms with Crippen molar-refractivity contribution in [2.45, 2.75) is 43.8 Å². The van der Waals surface area contributed by atoms with Crippen LogP contribution in [0.2, 0.25) is 5.02 Å². The number of nitrogens with zero attached hydrogens (tertiary/aromatic N) is 3. The molecule has 39 heavy (non-hydrogen) atoms. The molecule has 6 nitrogen and oxygen atoms in total. The highest BCUT2D eigenvalue weighted by atomic mass is 35.5. The third kappa shape index (κ3) is 5.53. The fourth-order valence-corrected chi connectivity index (χ4v) is 4.86. The smallest absolute Gasteiger partial charge is 0.374 e. The molecule has 0 saturated carbocycles. The number of halogens is 8. The summed E-state index contributed by atoms with van der Waals surface area (Å²) in [6, 6.07) is 6.16. The summed E-state index contributed by atoms with van der Waals surface area (Å²) in [7, 11) is 0. The van der Waals surface area contributed by atoms with E-state index in [1.807, 2.05) is 11.0 Å². The zero-order chi connectivity index (χ0) is 28.8. The Morgan fingerprint density at radius 3 is 2.59 bits per heavy atom. The minimum absolute atomic E-state index is 0.0205. The van der Waals surface area contributed by atoms with Crippen molar-refractivity contribution in [3.63, 3.8) is 0 Å². The lowest BCUT2D eigenvalue weighted by molar-refractivity contribution is -0.276. The van der Waals surface area contributed by atoms with E-state index >= 15 is 0 Å². The van der Waals surface area contributed by atoms with Gasteiger partial charge in [0.25, 0.3) is 11.5 Å². The van der Waals surface area contributed by atoms with Gasteiger partial charge < -0.3 is 10.2 Å². The lowest BCUT2D eigenvalue weighted by Gasteiger charge is -2.30. The Bertz CT molecular complexity index is 1370. The van der Waals surface area contributed by atoms with Gasteiger partial charge in [-0.15, -0.1) is 0 Å². The number of hydrogen-bond acceptors (Lipinski definition) is 5. The number of likely N-dealkylation sites (tertiary alicyclic amines) is 1. The monoisotopic (exact) mass is 576 g/mol. The zero-order valence-corrected chi connectivity index (χ0v) is 20.9. The highest BCUT2D eigenvalue weighted by molar-refractivity contribution is 6.30. The Hall–Kier alpha value is -3.37. The number of carbonyl (C=O) groups is 1. The van der Waals surface area contributed by atoms with Gasteiger partial charge in [-0.25, -0.2) is 4.39 Å². The second-order valence-electron chi connectivity index (χ2n) is 9.33. The highest BCUT2D eigenvalue weighted by Gasteiger charge is 2.64. The molecule has 1 N–H and O–H groups in total. The molecule has 2 aromatic rings. The quantitative estimate of drug-likeness (QED) is 0.365. The Morgan fingerprint density at radius 2 is 1.97 bits per heavy atom. The predicted molar refractivity (Wildman–Crippen MR) is 125 cm³/mol. The van der Waals surface area contributed by atoms with Crippen LogP contribution in [0.1, 0.15) is 45.5 Å². The summed E-state index contributed by atoms with van der Waals surface area (Å²) in [5.41, 5.74) is -6.14. The number of alkyl halides is 6. The number of amides is 1. The van der Waals surface area contributed by atoms with Crippen molar-refractivity contribution in [3.8, 4) is 6.07 Å². The summed E-state index contributed by atoms with van der Waals surface area (Å²) < 4.78 is 97.5. The fraction of sp³-hybridized carbons (Fsp3) is 0.400. The van der Waals surface area contributed by atoms with Gasteiger partial charge in [0.15, 0.2) is 0 Å². The number of benzene rings is 2. The van der Waals surface area contributed by atoms with Gasteiger partial charge in [0.1, 0.15) is 5.82 Å². The molecule has 2 atom stereocenters. The average molecular weight is 577 g/mol. The van der Waals surface area contributed by atoms with Gasteiger partial charge in [-0.3, -0.25) is 9.69 Å². The molecule has 0 unspecified atom stereocenters. The normalized spacial score (nSPS) is 21.8. The van der Waals surface area contributed by atoms with Gasteiger partial charge in [0.05, 0.1) is 35.3 Å². The van der Waals surface area contributed by atoms with E-state index in [9.17, 15) is 35.5 Å². The summed E-state index contributed by atoms with van der Waals surface area (Å²) in [5, 5.41) is 14.0.